The van der Waals surface area contributed by atoms with Crippen molar-refractivity contribution in [3.05, 3.63) is 310 Å². The summed E-state index contributed by atoms with van der Waals surface area (Å²) in [6.45, 7) is 2.46. The van der Waals surface area contributed by atoms with E-state index >= 15 is 0 Å². The van der Waals surface area contributed by atoms with Gasteiger partial charge in [-0.25, -0.2) is 52.6 Å². The van der Waals surface area contributed by atoms with Crippen LogP contribution in [0.4, 0.5) is 22.7 Å². The Bertz CT molecular complexity index is 6100. The van der Waals surface area contributed by atoms with Crippen LogP contribution in [0.15, 0.2) is 287 Å². The lowest BCUT2D eigenvalue weighted by molar-refractivity contribution is -0.140. The van der Waals surface area contributed by atoms with Crippen LogP contribution in [0.3, 0.4) is 0 Å². The highest BCUT2D eigenvalue weighted by Crippen LogP contribution is 2.34. The van der Waals surface area contributed by atoms with Gasteiger partial charge in [-0.2, -0.15) is 0 Å². The molecule has 1 atom stereocenters. The second kappa shape index (κ2) is 46.0. The summed E-state index contributed by atoms with van der Waals surface area (Å²) in [7, 11) is -10.6. The SMILES string of the molecule is COC(=O)CCNS(=O)(=O)c1ccc(C(=O)Nc2ccc(Cl)c(-c3ccccn3)c2)cc1.COCCCNS(=O)(=O)c1ccc(C(=O)Nc2ccc(Cl)c(-c3ccccn3)c2)cc1.COCCNS(=O)(=O)c1ccc(C(=O)Nc2ccc(Cl)c(-c3ccccn3)c2)cc1.C[C@H](O)CNS(=O)(=O)c1ccc(C(=O)Nc2ccc(Cl)c(-c3ccccn3)c2)cc1. The van der Waals surface area contributed by atoms with E-state index in [2.05, 4.69) is 64.8 Å². The smallest absolute Gasteiger partial charge is 0.306 e. The largest absolute Gasteiger partial charge is 0.469 e. The number of pyridine rings is 4. The van der Waals surface area contributed by atoms with E-state index in [-0.39, 0.29) is 76.2 Å². The van der Waals surface area contributed by atoms with Gasteiger partial charge in [-0.3, -0.25) is 43.9 Å². The number of hydrogen-bond donors (Lipinski definition) is 9. The van der Waals surface area contributed by atoms with Gasteiger partial charge in [0.25, 0.3) is 23.6 Å². The maximum Gasteiger partial charge on any atom is 0.306 e. The number of aliphatic hydroxyl groups excluding tert-OH is 1. The highest BCUT2D eigenvalue weighted by atomic mass is 35.5. The maximum absolute atomic E-state index is 12.6. The van der Waals surface area contributed by atoms with Gasteiger partial charge in [0.1, 0.15) is 0 Å². The molecule has 0 bridgehead atoms. The molecule has 29 nitrogen and oxygen atoms in total. The third-order valence-corrected chi connectivity index (χ3v) is 24.4. The molecule has 9 N–H and O–H groups in total. The van der Waals surface area contributed by atoms with Gasteiger partial charge >= 0.3 is 5.97 Å². The fourth-order valence-corrected chi connectivity index (χ4v) is 16.0. The number of aliphatic hydroxyl groups is 1. The fraction of sp³-hybridized carbons (Fsp3) is 0.151. The number of aromatic nitrogens is 4. The van der Waals surface area contributed by atoms with E-state index < -0.39 is 64.0 Å². The van der Waals surface area contributed by atoms with Crippen molar-refractivity contribution >= 4 is 139 Å². The summed E-state index contributed by atoms with van der Waals surface area (Å²) in [6.07, 6.45) is 6.31. The molecule has 4 aromatic heterocycles. The van der Waals surface area contributed by atoms with Crippen molar-refractivity contribution in [2.24, 2.45) is 0 Å². The number of carbonyl (C=O) groups is 5. The number of halogens is 4. The molecule has 0 unspecified atom stereocenters. The van der Waals surface area contributed by atoms with Crippen LogP contribution in [0, 0.1) is 0 Å². The number of hydrogen-bond acceptors (Lipinski definition) is 21. The summed E-state index contributed by atoms with van der Waals surface area (Å²) >= 11 is 25.1. The number of anilines is 4. The van der Waals surface area contributed by atoms with Gasteiger partial charge in [-0.15, -0.1) is 0 Å². The molecule has 0 fully saturated rings. The second-order valence-electron chi connectivity index (χ2n) is 26.1. The number of carbonyl (C=O) groups excluding carboxylic acids is 5. The summed E-state index contributed by atoms with van der Waals surface area (Å²) in [4.78, 5) is 78.7. The van der Waals surface area contributed by atoms with E-state index in [0.717, 1.165) is 0 Å². The summed E-state index contributed by atoms with van der Waals surface area (Å²) in [5.74, 6) is -2.08. The molecule has 4 heterocycles. The number of nitrogens with zero attached hydrogens (tertiary/aromatic N) is 4. The van der Waals surface area contributed by atoms with Crippen LogP contribution >= 0.6 is 46.4 Å². The van der Waals surface area contributed by atoms with Crippen molar-refractivity contribution in [1.82, 2.24) is 38.8 Å². The minimum absolute atomic E-state index is 0.00336. The molecule has 12 aromatic rings. The first-order valence-electron chi connectivity index (χ1n) is 37.1. The Morgan fingerprint density at radius 2 is 0.618 bits per heavy atom. The standard InChI is InChI=1S/C22H20ClN3O5S.C22H22ClN3O4S.2C21H20ClN3O4S/c1-31-21(27)11-13-25-32(29,30)17-8-5-15(6-9-17)22(28)26-16-7-10-19(23)18(14-16)20-4-2-3-12-24-20;1-30-14-4-13-25-31(28,29)18-9-6-16(7-10-18)22(27)26-17-8-11-20(23)19(15-17)21-5-2-3-12-24-21;1-14(26)13-24-30(28,29)17-8-5-15(6-9-17)21(27)25-16-7-10-19(22)18(12-16)20-4-2-3-11-23-20;1-29-13-12-24-30(27,28)17-8-5-15(6-9-17)21(26)25-16-7-10-19(22)18(14-16)20-4-2-3-11-23-20/h2-10,12,14,25H,11,13H2,1H3,(H,26,28);2-3,5-12,15,25H,4,13-14H2,1H3,(H,26,27);2-12,14,24,26H,13H2,1H3,(H,25,27);2-11,14,24H,12-13H2,1H3,(H,25,26)/t;;14-;/m..0./s1. The summed E-state index contributed by atoms with van der Waals surface area (Å²) in [5, 5.41) is 22.4. The first-order chi connectivity index (χ1) is 58.9. The Labute approximate surface area is 731 Å². The number of nitrogens with one attached hydrogen (secondary N) is 8. The molecule has 0 saturated carbocycles. The minimum Gasteiger partial charge on any atom is -0.469 e. The van der Waals surface area contributed by atoms with Crippen LogP contribution < -0.4 is 40.2 Å². The minimum atomic E-state index is -3.82. The summed E-state index contributed by atoms with van der Waals surface area (Å²) < 4.78 is 122. The Kier molecular flexibility index (Phi) is 35.6. The molecule has 4 amide bonds. The average Bonchev–Trinajstić information content (AvgIpc) is 0.838. The third-order valence-electron chi connectivity index (χ3n) is 17.2. The number of sulfonamides is 4. The zero-order valence-corrected chi connectivity index (χ0v) is 72.3. The molecular formula is C86H82Cl4N12O17S4. The number of benzene rings is 8. The third kappa shape index (κ3) is 28.8. The predicted molar refractivity (Wildman–Crippen MR) is 474 cm³/mol. The van der Waals surface area contributed by atoms with E-state index in [1.165, 1.54) is 118 Å². The Morgan fingerprint density at radius 3 is 0.870 bits per heavy atom. The normalized spacial score (nSPS) is 11.5. The molecule has 0 aliphatic heterocycles. The van der Waals surface area contributed by atoms with Crippen molar-refractivity contribution in [3.63, 3.8) is 0 Å². The van der Waals surface area contributed by atoms with Gasteiger partial charge in [0.2, 0.25) is 40.1 Å². The molecule has 123 heavy (non-hydrogen) atoms. The lowest BCUT2D eigenvalue weighted by Crippen LogP contribution is -2.30. The van der Waals surface area contributed by atoms with Gasteiger partial charge in [-0.05, 0) is 232 Å². The number of methoxy groups -OCH3 is 3. The first kappa shape index (κ1) is 95.2. The van der Waals surface area contributed by atoms with Gasteiger partial charge in [0.05, 0.1) is 88.7 Å². The molecule has 640 valence electrons. The maximum atomic E-state index is 12.6. The van der Waals surface area contributed by atoms with Crippen LogP contribution in [0.5, 0.6) is 0 Å². The van der Waals surface area contributed by atoms with Crippen molar-refractivity contribution < 1.29 is 77.0 Å². The Balaban J connectivity index is 0.000000186. The van der Waals surface area contributed by atoms with E-state index in [1.54, 1.807) is 123 Å². The van der Waals surface area contributed by atoms with E-state index in [4.69, 9.17) is 55.9 Å². The molecule has 0 spiro atoms. The Morgan fingerprint density at radius 1 is 0.350 bits per heavy atom. The fourth-order valence-electron chi connectivity index (χ4n) is 10.9. The van der Waals surface area contributed by atoms with Crippen LogP contribution in [-0.2, 0) is 59.1 Å². The van der Waals surface area contributed by atoms with Gasteiger partial charge < -0.3 is 40.6 Å². The first-order valence-corrected chi connectivity index (χ1v) is 44.5. The molecule has 0 aliphatic rings. The van der Waals surface area contributed by atoms with Crippen LogP contribution in [0.1, 0.15) is 61.2 Å². The summed E-state index contributed by atoms with van der Waals surface area (Å²) in [6, 6.07) is 64.5. The monoisotopic (exact) mass is 1820 g/mol. The van der Waals surface area contributed by atoms with Gasteiger partial charge in [0.15, 0.2) is 0 Å². The van der Waals surface area contributed by atoms with Crippen LogP contribution in [-0.4, -0.2) is 155 Å². The summed E-state index contributed by atoms with van der Waals surface area (Å²) in [5.41, 5.74) is 8.81. The highest BCUT2D eigenvalue weighted by molar-refractivity contribution is 7.90. The van der Waals surface area contributed by atoms with Crippen LogP contribution in [0.25, 0.3) is 45.0 Å². The van der Waals surface area contributed by atoms with Gasteiger partial charge in [0, 0.05) is 139 Å². The molecular weight excluding hydrogens is 1740 g/mol. The van der Waals surface area contributed by atoms with Crippen molar-refractivity contribution in [2.75, 3.05) is 82.0 Å². The number of rotatable bonds is 32. The zero-order chi connectivity index (χ0) is 88.7. The molecule has 8 aromatic carbocycles. The molecule has 0 aliphatic carbocycles. The van der Waals surface area contributed by atoms with Crippen molar-refractivity contribution in [3.8, 4) is 45.0 Å². The second-order valence-corrected chi connectivity index (χ2v) is 34.8. The number of esters is 1. The van der Waals surface area contributed by atoms with Crippen molar-refractivity contribution in [2.45, 2.75) is 45.5 Å². The van der Waals surface area contributed by atoms with E-state index in [1.807, 2.05) is 54.6 Å². The lowest BCUT2D eigenvalue weighted by Gasteiger charge is -2.10. The molecule has 0 radical (unpaired) electrons. The highest BCUT2D eigenvalue weighted by Gasteiger charge is 2.22. The van der Waals surface area contributed by atoms with Gasteiger partial charge in [-0.1, -0.05) is 70.7 Å². The Hall–Kier alpha value is -11.6. The topological polar surface area (TPSA) is 418 Å². The zero-order valence-electron chi connectivity index (χ0n) is 66.1. The number of ether oxygens (including phenoxy) is 3. The average molecular weight is 1830 g/mol. The molecule has 37 heteroatoms. The quantitative estimate of drug-likeness (QED) is 0.0140. The lowest BCUT2D eigenvalue weighted by atomic mass is 10.1. The predicted octanol–water partition coefficient (Wildman–Crippen LogP) is 14.4. The van der Waals surface area contributed by atoms with E-state index in [0.29, 0.717) is 118 Å². The van der Waals surface area contributed by atoms with Crippen molar-refractivity contribution in [1.29, 1.82) is 0 Å². The molecule has 0 saturated heterocycles. The van der Waals surface area contributed by atoms with Crippen LogP contribution in [0.2, 0.25) is 20.1 Å². The number of amides is 4. The molecule has 12 rings (SSSR count). The van der Waals surface area contributed by atoms with E-state index in [9.17, 15) is 62.8 Å².